The van der Waals surface area contributed by atoms with Gasteiger partial charge < -0.3 is 0 Å². The number of benzene rings is 1. The predicted octanol–water partition coefficient (Wildman–Crippen LogP) is 2.80. The fourth-order valence-electron chi connectivity index (χ4n) is 4.83. The summed E-state index contributed by atoms with van der Waals surface area (Å²) in [6.45, 7) is 0. The van der Waals surface area contributed by atoms with Gasteiger partial charge in [-0.3, -0.25) is 0 Å². The van der Waals surface area contributed by atoms with Gasteiger partial charge in [-0.25, -0.2) is 0 Å². The number of nitrogens with zero attached hydrogens (tertiary/aromatic N) is 1. The largest absolute Gasteiger partial charge is 0.192 e. The Labute approximate surface area is 94.4 Å². The smallest absolute Gasteiger partial charge is 0.0994 e. The fourth-order valence-corrected chi connectivity index (χ4v) is 4.83. The molecule has 1 heteroatoms. The van der Waals surface area contributed by atoms with Crippen LogP contribution in [0.15, 0.2) is 30.4 Å². The highest BCUT2D eigenvalue weighted by Crippen LogP contribution is 2.80. The van der Waals surface area contributed by atoms with Crippen LogP contribution in [0.3, 0.4) is 0 Å². The first-order chi connectivity index (χ1) is 7.92. The Bertz CT molecular complexity index is 592. The van der Waals surface area contributed by atoms with Gasteiger partial charge in [-0.05, 0) is 52.7 Å². The number of allylic oxidation sites excluding steroid dienone is 2. The van der Waals surface area contributed by atoms with E-state index in [9.17, 15) is 5.26 Å². The lowest BCUT2D eigenvalue weighted by Gasteiger charge is -2.28. The highest BCUT2D eigenvalue weighted by molar-refractivity contribution is 5.59. The predicted molar refractivity (Wildman–Crippen MR) is 59.7 cm³/mol. The third kappa shape index (κ3) is 0.571. The lowest BCUT2D eigenvalue weighted by molar-refractivity contribution is 0.398. The van der Waals surface area contributed by atoms with Crippen LogP contribution in [-0.2, 0) is 0 Å². The van der Waals surface area contributed by atoms with E-state index in [1.807, 2.05) is 6.07 Å². The molecule has 1 aromatic rings. The van der Waals surface area contributed by atoms with Gasteiger partial charge in [0.25, 0.3) is 0 Å². The van der Waals surface area contributed by atoms with Crippen molar-refractivity contribution in [1.82, 2.24) is 0 Å². The summed E-state index contributed by atoms with van der Waals surface area (Å²) < 4.78 is 0. The lowest BCUT2D eigenvalue weighted by Crippen LogP contribution is -2.19. The van der Waals surface area contributed by atoms with Crippen LogP contribution in [-0.4, -0.2) is 0 Å². The molecule has 5 rings (SSSR count). The second-order valence-corrected chi connectivity index (χ2v) is 5.67. The van der Waals surface area contributed by atoms with Crippen LogP contribution in [0.5, 0.6) is 0 Å². The van der Waals surface area contributed by atoms with Crippen molar-refractivity contribution >= 4 is 0 Å². The van der Waals surface area contributed by atoms with Crippen LogP contribution in [0.25, 0.3) is 0 Å². The first-order valence-electron chi connectivity index (χ1n) is 6.13. The Hall–Kier alpha value is -1.55. The number of hydrogen-bond acceptors (Lipinski definition) is 1. The molecule has 6 atom stereocenters. The zero-order chi connectivity index (χ0) is 10.4. The number of fused-ring (bicyclic) bond motifs is 7. The van der Waals surface area contributed by atoms with E-state index in [0.29, 0.717) is 0 Å². The molecule has 0 spiro atoms. The molecule has 0 amide bonds. The quantitative estimate of drug-likeness (QED) is 0.597. The van der Waals surface area contributed by atoms with Crippen molar-refractivity contribution in [2.45, 2.75) is 11.8 Å². The number of hydrogen-bond donors (Lipinski definition) is 0. The standard InChI is InChI=1S/C15H11N/c16-6-7-2-1-3-10-11(7)14-13-9-5-4-8(9)12(10)15(13)14/h1-5,8-9,12-15H. The molecule has 1 nitrogen and oxygen atoms in total. The van der Waals surface area contributed by atoms with Crippen LogP contribution >= 0.6 is 0 Å². The van der Waals surface area contributed by atoms with Crippen molar-refractivity contribution in [2.24, 2.45) is 23.7 Å². The molecule has 0 aromatic heterocycles. The fraction of sp³-hybridized carbons (Fsp3) is 0.400. The van der Waals surface area contributed by atoms with Crippen molar-refractivity contribution in [3.05, 3.63) is 47.0 Å². The van der Waals surface area contributed by atoms with Gasteiger partial charge in [-0.1, -0.05) is 24.3 Å². The van der Waals surface area contributed by atoms with Crippen LogP contribution in [0.2, 0.25) is 0 Å². The highest BCUT2D eigenvalue weighted by atomic mass is 14.7. The maximum Gasteiger partial charge on any atom is 0.0994 e. The van der Waals surface area contributed by atoms with Gasteiger partial charge >= 0.3 is 0 Å². The van der Waals surface area contributed by atoms with Gasteiger partial charge in [0.1, 0.15) is 0 Å². The van der Waals surface area contributed by atoms with Crippen molar-refractivity contribution < 1.29 is 0 Å². The van der Waals surface area contributed by atoms with E-state index in [1.165, 1.54) is 11.1 Å². The second-order valence-electron chi connectivity index (χ2n) is 5.67. The van der Waals surface area contributed by atoms with E-state index in [0.717, 1.165) is 41.1 Å². The topological polar surface area (TPSA) is 23.8 Å². The van der Waals surface area contributed by atoms with E-state index in [4.69, 9.17) is 0 Å². The summed E-state index contributed by atoms with van der Waals surface area (Å²) in [6, 6.07) is 8.70. The highest BCUT2D eigenvalue weighted by Gasteiger charge is 2.72. The third-order valence-electron chi connectivity index (χ3n) is 5.36. The molecular weight excluding hydrogens is 194 g/mol. The number of nitriles is 1. The van der Waals surface area contributed by atoms with Gasteiger partial charge in [0.15, 0.2) is 0 Å². The molecule has 1 aromatic carbocycles. The van der Waals surface area contributed by atoms with Gasteiger partial charge in [0.05, 0.1) is 11.6 Å². The minimum Gasteiger partial charge on any atom is -0.192 e. The van der Waals surface area contributed by atoms with Crippen LogP contribution < -0.4 is 0 Å². The molecule has 0 radical (unpaired) electrons. The first kappa shape index (κ1) is 7.68. The molecule has 6 unspecified atom stereocenters. The Morgan fingerprint density at radius 2 is 1.88 bits per heavy atom. The molecule has 4 aliphatic carbocycles. The number of rotatable bonds is 0. The van der Waals surface area contributed by atoms with E-state index in [2.05, 4.69) is 30.4 Å². The van der Waals surface area contributed by atoms with E-state index >= 15 is 0 Å². The van der Waals surface area contributed by atoms with Crippen LogP contribution in [0.1, 0.15) is 28.5 Å². The molecule has 16 heavy (non-hydrogen) atoms. The summed E-state index contributed by atoms with van der Waals surface area (Å²) in [7, 11) is 0. The molecule has 0 bridgehead atoms. The Morgan fingerprint density at radius 3 is 2.62 bits per heavy atom. The Kier molecular flexibility index (Phi) is 1.01. The first-order valence-corrected chi connectivity index (χ1v) is 6.13. The van der Waals surface area contributed by atoms with Crippen molar-refractivity contribution in [3.8, 4) is 6.07 Å². The molecule has 0 aliphatic heterocycles. The molecule has 0 saturated heterocycles. The lowest BCUT2D eigenvalue weighted by atomic mass is 9.76. The SMILES string of the molecule is N#Cc1cccc2c1C1C3C4C=CC4C2C13. The van der Waals surface area contributed by atoms with Crippen LogP contribution in [0, 0.1) is 35.0 Å². The average Bonchev–Trinajstić information content (AvgIpc) is 2.80. The zero-order valence-electron chi connectivity index (χ0n) is 8.80. The van der Waals surface area contributed by atoms with E-state index in [-0.39, 0.29) is 0 Å². The van der Waals surface area contributed by atoms with Gasteiger partial charge in [-0.2, -0.15) is 5.26 Å². The summed E-state index contributed by atoms with van der Waals surface area (Å²) >= 11 is 0. The molecular formula is C15H11N. The normalized spacial score (nSPS) is 47.7. The summed E-state index contributed by atoms with van der Waals surface area (Å²) in [5.74, 6) is 4.92. The molecule has 2 fully saturated rings. The summed E-state index contributed by atoms with van der Waals surface area (Å²) in [4.78, 5) is 0. The van der Waals surface area contributed by atoms with Crippen molar-refractivity contribution in [1.29, 1.82) is 5.26 Å². The van der Waals surface area contributed by atoms with Crippen LogP contribution in [0.4, 0.5) is 0 Å². The summed E-state index contributed by atoms with van der Waals surface area (Å²) in [5, 5.41) is 9.21. The molecule has 4 aliphatic rings. The summed E-state index contributed by atoms with van der Waals surface area (Å²) in [6.07, 6.45) is 4.80. The van der Waals surface area contributed by atoms with Gasteiger partial charge in [0.2, 0.25) is 0 Å². The minimum absolute atomic E-state index is 0.738. The maximum atomic E-state index is 9.21. The zero-order valence-corrected chi connectivity index (χ0v) is 8.80. The summed E-state index contributed by atoms with van der Waals surface area (Å²) in [5.41, 5.74) is 3.86. The Morgan fingerprint density at radius 1 is 1.00 bits per heavy atom. The van der Waals surface area contributed by atoms with Crippen molar-refractivity contribution in [3.63, 3.8) is 0 Å². The third-order valence-corrected chi connectivity index (χ3v) is 5.36. The molecule has 0 heterocycles. The second kappa shape index (κ2) is 2.11. The van der Waals surface area contributed by atoms with E-state index < -0.39 is 0 Å². The van der Waals surface area contributed by atoms with Gasteiger partial charge in [0, 0.05) is 0 Å². The minimum atomic E-state index is 0.738. The monoisotopic (exact) mass is 205 g/mol. The maximum absolute atomic E-state index is 9.21. The average molecular weight is 205 g/mol. The molecule has 0 N–H and O–H groups in total. The van der Waals surface area contributed by atoms with Crippen molar-refractivity contribution in [2.75, 3.05) is 0 Å². The Balaban J connectivity index is 1.80. The van der Waals surface area contributed by atoms with Gasteiger partial charge in [-0.15, -0.1) is 0 Å². The molecule has 2 saturated carbocycles. The molecule has 76 valence electrons. The van der Waals surface area contributed by atoms with E-state index in [1.54, 1.807) is 0 Å².